The Balaban J connectivity index is 2.59. The largest absolute Gasteiger partial charge is 0.398 e. The van der Waals surface area contributed by atoms with Crippen LogP contribution in [0.4, 0.5) is 10.1 Å². The van der Waals surface area contributed by atoms with Crippen molar-refractivity contribution in [3.63, 3.8) is 0 Å². The van der Waals surface area contributed by atoms with Crippen molar-refractivity contribution >= 4 is 17.4 Å². The number of nitrogen functional groups attached to an aromatic ring is 1. The van der Waals surface area contributed by atoms with E-state index in [4.69, 9.17) is 10.8 Å². The van der Waals surface area contributed by atoms with Gasteiger partial charge in [0.15, 0.2) is 0 Å². The monoisotopic (exact) mass is 201 g/mol. The number of rotatable bonds is 4. The number of nitrogens with two attached hydrogens (primary N) is 1. The van der Waals surface area contributed by atoms with Crippen LogP contribution in [0.1, 0.15) is 5.56 Å². The minimum absolute atomic E-state index is 0.139. The average molecular weight is 201 g/mol. The topological polar surface area (TPSA) is 46.2 Å². The van der Waals surface area contributed by atoms with Crippen LogP contribution in [0.5, 0.6) is 0 Å². The Morgan fingerprint density at radius 1 is 1.46 bits per heavy atom. The number of aliphatic hydroxyl groups is 1. The molecule has 0 aromatic heterocycles. The first kappa shape index (κ1) is 10.3. The highest BCUT2D eigenvalue weighted by Crippen LogP contribution is 2.19. The van der Waals surface area contributed by atoms with E-state index in [1.807, 2.05) is 0 Å². The number of aliphatic hydroxyl groups excluding tert-OH is 1. The fourth-order valence-electron chi connectivity index (χ4n) is 0.946. The molecule has 0 atom stereocenters. The van der Waals surface area contributed by atoms with Crippen molar-refractivity contribution in [1.82, 2.24) is 0 Å². The molecule has 0 amide bonds. The first-order chi connectivity index (χ1) is 6.24. The van der Waals surface area contributed by atoms with Crippen LogP contribution in [0.3, 0.4) is 0 Å². The summed E-state index contributed by atoms with van der Waals surface area (Å²) in [5, 5.41) is 8.54. The minimum Gasteiger partial charge on any atom is -0.398 e. The lowest BCUT2D eigenvalue weighted by molar-refractivity contribution is 0.322. The molecule has 0 saturated heterocycles. The second-order valence-corrected chi connectivity index (χ2v) is 3.72. The van der Waals surface area contributed by atoms with E-state index >= 15 is 0 Å². The van der Waals surface area contributed by atoms with Crippen LogP contribution in [0, 0.1) is 5.82 Å². The van der Waals surface area contributed by atoms with Crippen molar-refractivity contribution in [2.45, 2.75) is 5.75 Å². The number of thioether (sulfide) groups is 1. The van der Waals surface area contributed by atoms with Crippen molar-refractivity contribution in [1.29, 1.82) is 0 Å². The molecule has 0 heterocycles. The molecule has 4 heteroatoms. The van der Waals surface area contributed by atoms with Gasteiger partial charge in [-0.15, -0.1) is 0 Å². The summed E-state index contributed by atoms with van der Waals surface area (Å²) in [6.07, 6.45) is 0. The van der Waals surface area contributed by atoms with Crippen LogP contribution in [0.15, 0.2) is 18.2 Å². The summed E-state index contributed by atoms with van der Waals surface area (Å²) in [6, 6.07) is 4.33. The zero-order valence-electron chi connectivity index (χ0n) is 7.16. The molecule has 13 heavy (non-hydrogen) atoms. The summed E-state index contributed by atoms with van der Waals surface area (Å²) in [4.78, 5) is 0. The van der Waals surface area contributed by atoms with Gasteiger partial charge in [-0.05, 0) is 23.8 Å². The summed E-state index contributed by atoms with van der Waals surface area (Å²) in [5.74, 6) is 1.02. The van der Waals surface area contributed by atoms with Gasteiger partial charge in [0.25, 0.3) is 0 Å². The highest BCUT2D eigenvalue weighted by atomic mass is 32.2. The van der Waals surface area contributed by atoms with Crippen LogP contribution in [0.25, 0.3) is 0 Å². The Bertz CT molecular complexity index is 280. The van der Waals surface area contributed by atoms with Crippen molar-refractivity contribution in [3.8, 4) is 0 Å². The van der Waals surface area contributed by atoms with Gasteiger partial charge in [0.1, 0.15) is 5.82 Å². The van der Waals surface area contributed by atoms with Crippen LogP contribution >= 0.6 is 11.8 Å². The third kappa shape index (κ3) is 3.24. The van der Waals surface area contributed by atoms with E-state index in [1.165, 1.54) is 23.9 Å². The Labute approximate surface area is 80.9 Å². The van der Waals surface area contributed by atoms with E-state index in [-0.39, 0.29) is 12.4 Å². The fraction of sp³-hybridized carbons (Fsp3) is 0.333. The quantitative estimate of drug-likeness (QED) is 0.575. The molecular formula is C9H12FNOS. The van der Waals surface area contributed by atoms with Gasteiger partial charge in [0.05, 0.1) is 6.61 Å². The van der Waals surface area contributed by atoms with Gasteiger partial charge in [-0.25, -0.2) is 4.39 Å². The normalized spacial score (nSPS) is 10.3. The highest BCUT2D eigenvalue weighted by Gasteiger charge is 2.00. The molecule has 0 bridgehead atoms. The van der Waals surface area contributed by atoms with Gasteiger partial charge in [0.2, 0.25) is 0 Å². The lowest BCUT2D eigenvalue weighted by Gasteiger charge is -2.04. The lowest BCUT2D eigenvalue weighted by atomic mass is 10.2. The maximum Gasteiger partial charge on any atom is 0.123 e. The number of benzene rings is 1. The van der Waals surface area contributed by atoms with Gasteiger partial charge < -0.3 is 10.8 Å². The Kier molecular flexibility index (Phi) is 4.05. The van der Waals surface area contributed by atoms with Crippen molar-refractivity contribution in [3.05, 3.63) is 29.6 Å². The number of anilines is 1. The molecule has 2 nitrogen and oxygen atoms in total. The number of halogens is 1. The third-order valence-electron chi connectivity index (χ3n) is 1.60. The molecule has 1 aromatic rings. The van der Waals surface area contributed by atoms with E-state index in [2.05, 4.69) is 0 Å². The zero-order chi connectivity index (χ0) is 9.68. The van der Waals surface area contributed by atoms with Crippen molar-refractivity contribution < 1.29 is 9.50 Å². The average Bonchev–Trinajstić information content (AvgIpc) is 2.11. The van der Waals surface area contributed by atoms with Crippen LogP contribution < -0.4 is 5.73 Å². The highest BCUT2D eigenvalue weighted by molar-refractivity contribution is 7.98. The zero-order valence-corrected chi connectivity index (χ0v) is 7.98. The first-order valence-corrected chi connectivity index (χ1v) is 5.12. The Morgan fingerprint density at radius 2 is 2.23 bits per heavy atom. The number of hydrogen-bond donors (Lipinski definition) is 2. The molecule has 0 aliphatic carbocycles. The predicted molar refractivity (Wildman–Crippen MR) is 54.1 cm³/mol. The molecule has 0 radical (unpaired) electrons. The minimum atomic E-state index is -0.270. The molecule has 0 aliphatic heterocycles. The Hall–Kier alpha value is -0.740. The first-order valence-electron chi connectivity index (χ1n) is 3.96. The molecular weight excluding hydrogens is 189 g/mol. The van der Waals surface area contributed by atoms with E-state index in [0.29, 0.717) is 17.2 Å². The molecule has 1 aromatic carbocycles. The molecule has 0 fully saturated rings. The van der Waals surface area contributed by atoms with Crippen LogP contribution in [-0.2, 0) is 5.75 Å². The molecule has 3 N–H and O–H groups in total. The Morgan fingerprint density at radius 3 is 2.92 bits per heavy atom. The number of hydrogen-bond acceptors (Lipinski definition) is 3. The van der Waals surface area contributed by atoms with Gasteiger partial charge >= 0.3 is 0 Å². The van der Waals surface area contributed by atoms with E-state index in [0.717, 1.165) is 5.56 Å². The summed E-state index contributed by atoms with van der Waals surface area (Å²) >= 11 is 1.53. The summed E-state index contributed by atoms with van der Waals surface area (Å²) in [5.41, 5.74) is 7.02. The summed E-state index contributed by atoms with van der Waals surface area (Å²) < 4.78 is 12.7. The van der Waals surface area contributed by atoms with Gasteiger partial charge in [-0.1, -0.05) is 0 Å². The van der Waals surface area contributed by atoms with Crippen molar-refractivity contribution in [2.75, 3.05) is 18.1 Å². The van der Waals surface area contributed by atoms with Gasteiger partial charge in [-0.2, -0.15) is 11.8 Å². The van der Waals surface area contributed by atoms with E-state index < -0.39 is 0 Å². The van der Waals surface area contributed by atoms with Gasteiger partial charge in [-0.3, -0.25) is 0 Å². The van der Waals surface area contributed by atoms with E-state index in [9.17, 15) is 4.39 Å². The lowest BCUT2D eigenvalue weighted by Crippen LogP contribution is -1.95. The van der Waals surface area contributed by atoms with Crippen molar-refractivity contribution in [2.24, 2.45) is 0 Å². The SMILES string of the molecule is Nc1ccc(F)cc1CSCCO. The molecule has 0 spiro atoms. The van der Waals surface area contributed by atoms with Gasteiger partial charge in [0, 0.05) is 17.2 Å². The molecule has 72 valence electrons. The third-order valence-corrected chi connectivity index (χ3v) is 2.58. The maximum absolute atomic E-state index is 12.7. The maximum atomic E-state index is 12.7. The summed E-state index contributed by atoms with van der Waals surface area (Å²) in [7, 11) is 0. The second-order valence-electron chi connectivity index (χ2n) is 2.62. The standard InChI is InChI=1S/C9H12FNOS/c10-8-1-2-9(11)7(5-8)6-13-4-3-12/h1-2,5,12H,3-4,6,11H2. The predicted octanol–water partition coefficient (Wildman–Crippen LogP) is 1.63. The van der Waals surface area contributed by atoms with Crippen LogP contribution in [0.2, 0.25) is 0 Å². The molecule has 0 unspecified atom stereocenters. The smallest absolute Gasteiger partial charge is 0.123 e. The molecule has 0 saturated carbocycles. The molecule has 1 rings (SSSR count). The van der Waals surface area contributed by atoms with E-state index in [1.54, 1.807) is 6.07 Å². The van der Waals surface area contributed by atoms with Crippen LogP contribution in [-0.4, -0.2) is 17.5 Å². The fourth-order valence-corrected chi connectivity index (χ4v) is 1.69. The second kappa shape index (κ2) is 5.09. The summed E-state index contributed by atoms with van der Waals surface area (Å²) in [6.45, 7) is 0.139. The molecule has 0 aliphatic rings.